The van der Waals surface area contributed by atoms with Gasteiger partial charge in [-0.15, -0.1) is 0 Å². The highest BCUT2D eigenvalue weighted by Gasteiger charge is 2.06. The fourth-order valence-electron chi connectivity index (χ4n) is 1.84. The Bertz CT molecular complexity index is 800. The average Bonchev–Trinajstić information content (AvgIpc) is 2.59. The molecule has 0 aliphatic rings. The van der Waals surface area contributed by atoms with Gasteiger partial charge in [0, 0.05) is 11.3 Å². The summed E-state index contributed by atoms with van der Waals surface area (Å²) in [6.45, 7) is -0.261. The molecule has 0 saturated carbocycles. The highest BCUT2D eigenvalue weighted by Crippen LogP contribution is 2.20. The molecule has 0 aliphatic carbocycles. The van der Waals surface area contributed by atoms with E-state index in [1.54, 1.807) is 19.2 Å². The van der Waals surface area contributed by atoms with Gasteiger partial charge in [-0.3, -0.25) is 4.79 Å². The van der Waals surface area contributed by atoms with E-state index in [9.17, 15) is 4.79 Å². The number of hydrogen-bond donors (Lipinski definition) is 1. The number of nitrogens with one attached hydrogen (secondary N) is 1. The number of methoxy groups -OCH3 is 1. The van der Waals surface area contributed by atoms with E-state index >= 15 is 0 Å². The maximum absolute atomic E-state index is 11.8. The van der Waals surface area contributed by atoms with Crippen LogP contribution in [0, 0.1) is 11.3 Å². The Morgan fingerprint density at radius 1 is 1.38 bits per heavy atom. The van der Waals surface area contributed by atoms with Crippen LogP contribution in [-0.2, 0) is 9.63 Å². The van der Waals surface area contributed by atoms with Crippen LogP contribution in [0.15, 0.2) is 47.6 Å². The predicted octanol–water partition coefficient (Wildman–Crippen LogP) is 3.21. The second kappa shape index (κ2) is 8.56. The van der Waals surface area contributed by atoms with Crippen LogP contribution in [0.5, 0.6) is 5.75 Å². The van der Waals surface area contributed by atoms with Crippen LogP contribution in [0.2, 0.25) is 5.02 Å². The zero-order valence-corrected chi connectivity index (χ0v) is 13.6. The van der Waals surface area contributed by atoms with E-state index in [0.29, 0.717) is 17.0 Å². The Labute approximate surface area is 144 Å². The molecule has 1 N–H and O–H groups in total. The molecule has 2 aromatic carbocycles. The monoisotopic (exact) mass is 343 g/mol. The van der Waals surface area contributed by atoms with Crippen molar-refractivity contribution in [3.05, 3.63) is 58.6 Å². The molecule has 0 radical (unpaired) electrons. The smallest absolute Gasteiger partial charge is 0.265 e. The molecular formula is C17H14ClN3O3. The van der Waals surface area contributed by atoms with Crippen LogP contribution in [0.1, 0.15) is 11.1 Å². The van der Waals surface area contributed by atoms with Gasteiger partial charge >= 0.3 is 0 Å². The van der Waals surface area contributed by atoms with Gasteiger partial charge < -0.3 is 14.9 Å². The molecular weight excluding hydrogens is 330 g/mol. The number of rotatable bonds is 6. The van der Waals surface area contributed by atoms with E-state index in [2.05, 4.69) is 10.5 Å². The second-order valence-corrected chi connectivity index (χ2v) is 5.01. The van der Waals surface area contributed by atoms with E-state index in [4.69, 9.17) is 26.4 Å². The number of nitrogens with zero attached hydrogens (tertiary/aromatic N) is 2. The van der Waals surface area contributed by atoms with E-state index in [-0.39, 0.29) is 11.6 Å². The van der Waals surface area contributed by atoms with Crippen molar-refractivity contribution in [2.45, 2.75) is 0 Å². The summed E-state index contributed by atoms with van der Waals surface area (Å²) in [5.74, 6) is 0.259. The summed E-state index contributed by atoms with van der Waals surface area (Å²) >= 11 is 5.90. The Hall–Kier alpha value is -3.04. The number of oxime groups is 1. The summed E-state index contributed by atoms with van der Waals surface area (Å²) in [6, 6.07) is 13.8. The van der Waals surface area contributed by atoms with Crippen LogP contribution < -0.4 is 10.1 Å². The fraction of sp³-hybridized carbons (Fsp3) is 0.118. The standard InChI is InChI=1S/C17H14ClN3O3/c1-23-16-5-3-2-4-13(16)10-20-24-11-17(22)21-14-7-6-12(9-19)15(18)8-14/h2-8,10H,11H2,1H3,(H,21,22)/b20-10-. The van der Waals surface area contributed by atoms with Crippen LogP contribution in [0.25, 0.3) is 0 Å². The lowest BCUT2D eigenvalue weighted by Gasteiger charge is -2.05. The van der Waals surface area contributed by atoms with E-state index in [0.717, 1.165) is 5.56 Å². The first-order chi connectivity index (χ1) is 11.6. The number of amides is 1. The first-order valence-corrected chi connectivity index (χ1v) is 7.29. The molecule has 7 heteroatoms. The zero-order chi connectivity index (χ0) is 17.4. The molecule has 0 spiro atoms. The lowest BCUT2D eigenvalue weighted by atomic mass is 10.2. The molecule has 0 aromatic heterocycles. The van der Waals surface area contributed by atoms with Gasteiger partial charge in [0.1, 0.15) is 11.8 Å². The number of carbonyl (C=O) groups is 1. The minimum Gasteiger partial charge on any atom is -0.496 e. The van der Waals surface area contributed by atoms with Crippen molar-refractivity contribution in [3.8, 4) is 11.8 Å². The van der Waals surface area contributed by atoms with Crippen LogP contribution in [-0.4, -0.2) is 25.8 Å². The Morgan fingerprint density at radius 3 is 2.88 bits per heavy atom. The summed E-state index contributed by atoms with van der Waals surface area (Å²) in [4.78, 5) is 16.7. The van der Waals surface area contributed by atoms with Gasteiger partial charge in [-0.05, 0) is 30.3 Å². The first kappa shape index (κ1) is 17.3. The highest BCUT2D eigenvalue weighted by molar-refractivity contribution is 6.32. The van der Waals surface area contributed by atoms with Gasteiger partial charge in [0.25, 0.3) is 5.91 Å². The van der Waals surface area contributed by atoms with Crippen molar-refractivity contribution >= 4 is 29.4 Å². The molecule has 2 rings (SSSR count). The number of halogens is 1. The third-order valence-corrected chi connectivity index (χ3v) is 3.29. The number of carbonyl (C=O) groups excluding carboxylic acids is 1. The topological polar surface area (TPSA) is 83.7 Å². The summed E-state index contributed by atoms with van der Waals surface area (Å²) in [7, 11) is 1.56. The SMILES string of the molecule is COc1ccccc1/C=N\OCC(=O)Nc1ccc(C#N)c(Cl)c1. The average molecular weight is 344 g/mol. The molecule has 1 amide bonds. The quantitative estimate of drug-likeness (QED) is 0.644. The number of benzene rings is 2. The summed E-state index contributed by atoms with van der Waals surface area (Å²) in [6.07, 6.45) is 1.46. The predicted molar refractivity (Wildman–Crippen MR) is 91.3 cm³/mol. The van der Waals surface area contributed by atoms with Gasteiger partial charge in [-0.2, -0.15) is 5.26 Å². The van der Waals surface area contributed by atoms with Crippen molar-refractivity contribution in [2.24, 2.45) is 5.16 Å². The van der Waals surface area contributed by atoms with Crippen molar-refractivity contribution in [3.63, 3.8) is 0 Å². The molecule has 0 saturated heterocycles. The lowest BCUT2D eigenvalue weighted by Crippen LogP contribution is -2.17. The largest absolute Gasteiger partial charge is 0.496 e. The Balaban J connectivity index is 1.86. The van der Waals surface area contributed by atoms with Crippen LogP contribution in [0.4, 0.5) is 5.69 Å². The van der Waals surface area contributed by atoms with Gasteiger partial charge in [-0.1, -0.05) is 28.9 Å². The number of anilines is 1. The molecule has 0 aliphatic heterocycles. The van der Waals surface area contributed by atoms with Gasteiger partial charge in [-0.25, -0.2) is 0 Å². The number of ether oxygens (including phenoxy) is 1. The van der Waals surface area contributed by atoms with E-state index in [1.165, 1.54) is 18.3 Å². The molecule has 0 fully saturated rings. The van der Waals surface area contributed by atoms with Crippen LogP contribution >= 0.6 is 11.6 Å². The number of para-hydroxylation sites is 1. The van der Waals surface area contributed by atoms with E-state index < -0.39 is 5.91 Å². The number of hydrogen-bond acceptors (Lipinski definition) is 5. The summed E-state index contributed by atoms with van der Waals surface area (Å²) in [5.41, 5.74) is 1.55. The molecule has 2 aromatic rings. The number of nitriles is 1. The molecule has 0 bridgehead atoms. The van der Waals surface area contributed by atoms with Crippen LogP contribution in [0.3, 0.4) is 0 Å². The second-order valence-electron chi connectivity index (χ2n) is 4.60. The third-order valence-electron chi connectivity index (χ3n) is 2.97. The summed E-state index contributed by atoms with van der Waals surface area (Å²) in [5, 5.41) is 15.4. The zero-order valence-electron chi connectivity index (χ0n) is 12.8. The molecule has 0 unspecified atom stereocenters. The molecule has 6 nitrogen and oxygen atoms in total. The first-order valence-electron chi connectivity index (χ1n) is 6.92. The van der Waals surface area contributed by atoms with Crippen molar-refractivity contribution in [1.29, 1.82) is 5.26 Å². The van der Waals surface area contributed by atoms with Crippen molar-refractivity contribution < 1.29 is 14.4 Å². The Kier molecular flexibility index (Phi) is 6.17. The van der Waals surface area contributed by atoms with Gasteiger partial charge in [0.2, 0.25) is 0 Å². The minimum absolute atomic E-state index is 0.261. The fourth-order valence-corrected chi connectivity index (χ4v) is 2.07. The highest BCUT2D eigenvalue weighted by atomic mass is 35.5. The third kappa shape index (κ3) is 4.73. The normalized spacial score (nSPS) is 10.2. The molecule has 0 atom stereocenters. The molecule has 122 valence electrons. The minimum atomic E-state index is -0.395. The van der Waals surface area contributed by atoms with Gasteiger partial charge in [0.15, 0.2) is 6.61 Å². The maximum atomic E-state index is 11.8. The molecule has 24 heavy (non-hydrogen) atoms. The van der Waals surface area contributed by atoms with Crippen molar-refractivity contribution in [2.75, 3.05) is 19.0 Å². The maximum Gasteiger partial charge on any atom is 0.265 e. The van der Waals surface area contributed by atoms with Crippen molar-refractivity contribution in [1.82, 2.24) is 0 Å². The lowest BCUT2D eigenvalue weighted by molar-refractivity contribution is -0.120. The Morgan fingerprint density at radius 2 is 2.17 bits per heavy atom. The molecule has 0 heterocycles. The van der Waals surface area contributed by atoms with E-state index in [1.807, 2.05) is 24.3 Å². The van der Waals surface area contributed by atoms with Gasteiger partial charge in [0.05, 0.1) is 23.9 Å². The summed E-state index contributed by atoms with van der Waals surface area (Å²) < 4.78 is 5.17.